The van der Waals surface area contributed by atoms with Crippen molar-refractivity contribution in [2.75, 3.05) is 5.32 Å². The molecule has 4 heteroatoms. The zero-order chi connectivity index (χ0) is 16.9. The summed E-state index contributed by atoms with van der Waals surface area (Å²) in [5.74, 6) is 0.461. The van der Waals surface area contributed by atoms with Crippen LogP contribution in [-0.2, 0) is 4.79 Å². The number of amides is 1. The van der Waals surface area contributed by atoms with Gasteiger partial charge >= 0.3 is 0 Å². The first-order chi connectivity index (χ1) is 11.7. The first-order valence-corrected chi connectivity index (χ1v) is 8.26. The van der Waals surface area contributed by atoms with E-state index in [9.17, 15) is 4.79 Å². The molecule has 1 atom stereocenters. The molecule has 1 N–H and O–H groups in total. The first kappa shape index (κ1) is 16.3. The Hall–Kier alpha value is -2.52. The van der Waals surface area contributed by atoms with Crippen LogP contribution in [0, 0.1) is 0 Å². The fraction of sp³-hybridized carbons (Fsp3) is 0.150. The van der Waals surface area contributed by atoms with Gasteiger partial charge in [0.1, 0.15) is 5.75 Å². The Kier molecular flexibility index (Phi) is 5.02. The molecule has 1 amide bonds. The number of anilines is 1. The normalized spacial score (nSPS) is 11.9. The van der Waals surface area contributed by atoms with Crippen molar-refractivity contribution in [2.45, 2.75) is 19.4 Å². The summed E-state index contributed by atoms with van der Waals surface area (Å²) >= 11 is 5.87. The average Bonchev–Trinajstić information content (AvgIpc) is 2.61. The second-order valence-corrected chi connectivity index (χ2v) is 5.92. The standard InChI is InChI=1S/C20H18ClNO2/c1-2-19(24-16-12-10-15(21)11-13-16)20(23)22-18-9-5-7-14-6-3-4-8-17(14)18/h3-13,19H,2H2,1H3,(H,22,23)/t19-/m1/s1. The Balaban J connectivity index is 1.77. The molecule has 0 aliphatic heterocycles. The Morgan fingerprint density at radius 1 is 1.04 bits per heavy atom. The van der Waals surface area contributed by atoms with E-state index in [4.69, 9.17) is 16.3 Å². The van der Waals surface area contributed by atoms with E-state index in [0.29, 0.717) is 17.2 Å². The third-order valence-corrected chi connectivity index (χ3v) is 4.05. The maximum Gasteiger partial charge on any atom is 0.265 e. The second kappa shape index (κ2) is 7.37. The number of fused-ring (bicyclic) bond motifs is 1. The van der Waals surface area contributed by atoms with Crippen LogP contribution in [0.3, 0.4) is 0 Å². The van der Waals surface area contributed by atoms with Crippen LogP contribution in [0.4, 0.5) is 5.69 Å². The number of ether oxygens (including phenoxy) is 1. The predicted molar refractivity (Wildman–Crippen MR) is 98.7 cm³/mol. The zero-order valence-corrected chi connectivity index (χ0v) is 14.1. The number of hydrogen-bond acceptors (Lipinski definition) is 2. The summed E-state index contributed by atoms with van der Waals surface area (Å²) in [4.78, 5) is 12.6. The van der Waals surface area contributed by atoms with E-state index in [-0.39, 0.29) is 5.91 Å². The smallest absolute Gasteiger partial charge is 0.265 e. The summed E-state index contributed by atoms with van der Waals surface area (Å²) < 4.78 is 5.79. The van der Waals surface area contributed by atoms with Crippen molar-refractivity contribution in [1.82, 2.24) is 0 Å². The molecule has 0 bridgehead atoms. The molecular weight excluding hydrogens is 322 g/mol. The van der Waals surface area contributed by atoms with Crippen LogP contribution in [-0.4, -0.2) is 12.0 Å². The third kappa shape index (κ3) is 3.69. The molecule has 0 aromatic heterocycles. The summed E-state index contributed by atoms with van der Waals surface area (Å²) in [6.07, 6.45) is 0.00399. The summed E-state index contributed by atoms with van der Waals surface area (Å²) in [5, 5.41) is 5.71. The summed E-state index contributed by atoms with van der Waals surface area (Å²) in [6.45, 7) is 1.92. The molecule has 0 radical (unpaired) electrons. The zero-order valence-electron chi connectivity index (χ0n) is 13.3. The van der Waals surface area contributed by atoms with Crippen molar-refractivity contribution >= 4 is 34.0 Å². The van der Waals surface area contributed by atoms with Crippen molar-refractivity contribution in [3.63, 3.8) is 0 Å². The van der Waals surface area contributed by atoms with Crippen LogP contribution >= 0.6 is 11.6 Å². The fourth-order valence-electron chi connectivity index (χ4n) is 2.55. The van der Waals surface area contributed by atoms with Crippen LogP contribution < -0.4 is 10.1 Å². The van der Waals surface area contributed by atoms with Gasteiger partial charge in [-0.2, -0.15) is 0 Å². The van der Waals surface area contributed by atoms with Gasteiger partial charge < -0.3 is 10.1 Å². The highest BCUT2D eigenvalue weighted by atomic mass is 35.5. The van der Waals surface area contributed by atoms with Crippen molar-refractivity contribution in [3.8, 4) is 5.75 Å². The lowest BCUT2D eigenvalue weighted by Gasteiger charge is -2.18. The van der Waals surface area contributed by atoms with Gasteiger partial charge in [0, 0.05) is 16.1 Å². The van der Waals surface area contributed by atoms with Crippen molar-refractivity contribution in [3.05, 3.63) is 71.8 Å². The van der Waals surface area contributed by atoms with Gasteiger partial charge in [-0.1, -0.05) is 54.9 Å². The maximum atomic E-state index is 12.6. The fourth-order valence-corrected chi connectivity index (χ4v) is 2.67. The number of benzene rings is 3. The minimum absolute atomic E-state index is 0.163. The highest BCUT2D eigenvalue weighted by Gasteiger charge is 2.19. The van der Waals surface area contributed by atoms with Gasteiger partial charge in [-0.15, -0.1) is 0 Å². The number of carbonyl (C=O) groups excluding carboxylic acids is 1. The predicted octanol–water partition coefficient (Wildman–Crippen LogP) is 5.29. The Morgan fingerprint density at radius 2 is 1.75 bits per heavy atom. The van der Waals surface area contributed by atoms with Gasteiger partial charge in [0.25, 0.3) is 5.91 Å². The molecule has 3 rings (SSSR count). The highest BCUT2D eigenvalue weighted by Crippen LogP contribution is 2.24. The molecule has 3 aromatic carbocycles. The number of nitrogens with one attached hydrogen (secondary N) is 1. The van der Waals surface area contributed by atoms with E-state index in [1.54, 1.807) is 24.3 Å². The van der Waals surface area contributed by atoms with E-state index in [1.807, 2.05) is 49.4 Å². The minimum Gasteiger partial charge on any atom is -0.481 e. The van der Waals surface area contributed by atoms with Gasteiger partial charge in [0.15, 0.2) is 6.10 Å². The quantitative estimate of drug-likeness (QED) is 0.686. The van der Waals surface area contributed by atoms with Crippen LogP contribution in [0.25, 0.3) is 10.8 Å². The third-order valence-electron chi connectivity index (χ3n) is 3.80. The van der Waals surface area contributed by atoms with Gasteiger partial charge in [0.05, 0.1) is 0 Å². The van der Waals surface area contributed by atoms with Gasteiger partial charge in [-0.05, 0) is 42.1 Å². The second-order valence-electron chi connectivity index (χ2n) is 5.48. The Morgan fingerprint density at radius 3 is 2.50 bits per heavy atom. The molecule has 0 fully saturated rings. The average molecular weight is 340 g/mol. The van der Waals surface area contributed by atoms with Crippen molar-refractivity contribution in [2.24, 2.45) is 0 Å². The lowest BCUT2D eigenvalue weighted by atomic mass is 10.1. The summed E-state index contributed by atoms with van der Waals surface area (Å²) in [5.41, 5.74) is 0.788. The maximum absolute atomic E-state index is 12.6. The monoisotopic (exact) mass is 339 g/mol. The van der Waals surface area contributed by atoms with Crippen LogP contribution in [0.2, 0.25) is 5.02 Å². The number of rotatable bonds is 5. The molecule has 0 heterocycles. The van der Waals surface area contributed by atoms with Crippen LogP contribution in [0.5, 0.6) is 5.75 Å². The Labute approximate surface area is 146 Å². The van der Waals surface area contributed by atoms with E-state index >= 15 is 0 Å². The van der Waals surface area contributed by atoms with E-state index in [0.717, 1.165) is 16.5 Å². The van der Waals surface area contributed by atoms with E-state index in [2.05, 4.69) is 5.32 Å². The summed E-state index contributed by atoms with van der Waals surface area (Å²) in [7, 11) is 0. The van der Waals surface area contributed by atoms with Gasteiger partial charge in [-0.3, -0.25) is 4.79 Å². The lowest BCUT2D eigenvalue weighted by Crippen LogP contribution is -2.32. The number of halogens is 1. The van der Waals surface area contributed by atoms with Gasteiger partial charge in [-0.25, -0.2) is 0 Å². The topological polar surface area (TPSA) is 38.3 Å². The molecule has 0 unspecified atom stereocenters. The van der Waals surface area contributed by atoms with Gasteiger partial charge in [0.2, 0.25) is 0 Å². The molecule has 24 heavy (non-hydrogen) atoms. The van der Waals surface area contributed by atoms with Crippen LogP contribution in [0.15, 0.2) is 66.7 Å². The van der Waals surface area contributed by atoms with Crippen molar-refractivity contribution < 1.29 is 9.53 Å². The molecular formula is C20H18ClNO2. The van der Waals surface area contributed by atoms with E-state index in [1.165, 1.54) is 0 Å². The Bertz CT molecular complexity index is 840. The molecule has 0 saturated carbocycles. The highest BCUT2D eigenvalue weighted by molar-refractivity contribution is 6.30. The summed E-state index contributed by atoms with van der Waals surface area (Å²) in [6, 6.07) is 20.8. The lowest BCUT2D eigenvalue weighted by molar-refractivity contribution is -0.122. The number of hydrogen-bond donors (Lipinski definition) is 1. The minimum atomic E-state index is -0.565. The molecule has 0 saturated heterocycles. The van der Waals surface area contributed by atoms with Crippen molar-refractivity contribution in [1.29, 1.82) is 0 Å². The molecule has 122 valence electrons. The van der Waals surface area contributed by atoms with E-state index < -0.39 is 6.10 Å². The largest absolute Gasteiger partial charge is 0.481 e. The SMILES string of the molecule is CC[C@@H](Oc1ccc(Cl)cc1)C(=O)Nc1cccc2ccccc12. The molecule has 0 spiro atoms. The molecule has 0 aliphatic carbocycles. The molecule has 0 aliphatic rings. The first-order valence-electron chi connectivity index (χ1n) is 7.88. The molecule has 3 nitrogen and oxygen atoms in total. The van der Waals surface area contributed by atoms with Crippen LogP contribution in [0.1, 0.15) is 13.3 Å². The number of carbonyl (C=O) groups is 1. The molecule has 3 aromatic rings.